The van der Waals surface area contributed by atoms with Gasteiger partial charge in [0.1, 0.15) is 5.78 Å². The van der Waals surface area contributed by atoms with Gasteiger partial charge in [-0.15, -0.1) is 0 Å². The summed E-state index contributed by atoms with van der Waals surface area (Å²) in [5.41, 5.74) is 1.21. The van der Waals surface area contributed by atoms with Gasteiger partial charge in [0.05, 0.1) is 0 Å². The maximum Gasteiger partial charge on any atom is 0.138 e. The average molecular weight is 300 g/mol. The van der Waals surface area contributed by atoms with Gasteiger partial charge in [-0.2, -0.15) is 0 Å². The number of allylic oxidation sites excluding steroid dienone is 2. The zero-order chi connectivity index (χ0) is 16.2. The molecule has 0 unspecified atom stereocenters. The van der Waals surface area contributed by atoms with E-state index in [4.69, 9.17) is 0 Å². The van der Waals surface area contributed by atoms with Crippen LogP contribution in [0.5, 0.6) is 0 Å². The Labute approximate surface area is 134 Å². The molecule has 0 aliphatic heterocycles. The van der Waals surface area contributed by atoms with Crippen LogP contribution >= 0.6 is 0 Å². The minimum Gasteiger partial charge on any atom is -0.310 e. The van der Waals surface area contributed by atoms with Crippen LogP contribution in [0.3, 0.4) is 0 Å². The Morgan fingerprint density at radius 3 is 2.91 bits per heavy atom. The Balaban J connectivity index is 1.89. The van der Waals surface area contributed by atoms with Crippen LogP contribution in [0.2, 0.25) is 0 Å². The number of rotatable bonds is 6. The molecule has 1 aliphatic rings. The van der Waals surface area contributed by atoms with Gasteiger partial charge >= 0.3 is 0 Å². The highest BCUT2D eigenvalue weighted by atomic mass is 16.1. The molecule has 0 fully saturated rings. The number of Topliss-reactive ketones (excluding diaryl/α,β-unsaturated/α-hetero) is 1. The first-order valence-corrected chi connectivity index (χ1v) is 8.22. The lowest BCUT2D eigenvalue weighted by Gasteiger charge is -2.39. The molecule has 1 aromatic heterocycles. The number of ketones is 1. The summed E-state index contributed by atoms with van der Waals surface area (Å²) in [6.07, 6.45) is 9.63. The largest absolute Gasteiger partial charge is 0.310 e. The molecule has 1 heterocycles. The Morgan fingerprint density at radius 1 is 1.50 bits per heavy atom. The van der Waals surface area contributed by atoms with Crippen molar-refractivity contribution in [3.63, 3.8) is 0 Å². The van der Waals surface area contributed by atoms with Crippen molar-refractivity contribution in [2.75, 3.05) is 0 Å². The Bertz CT molecular complexity index is 521. The van der Waals surface area contributed by atoms with Crippen molar-refractivity contribution in [3.8, 4) is 0 Å². The van der Waals surface area contributed by atoms with Crippen LogP contribution in [0, 0.1) is 17.3 Å². The summed E-state index contributed by atoms with van der Waals surface area (Å²) in [4.78, 5) is 16.9. The molecule has 22 heavy (non-hydrogen) atoms. The van der Waals surface area contributed by atoms with Crippen LogP contribution in [0.1, 0.15) is 46.1 Å². The van der Waals surface area contributed by atoms with Crippen molar-refractivity contribution in [2.45, 2.75) is 53.1 Å². The topological polar surface area (TPSA) is 42.0 Å². The number of aromatic nitrogens is 1. The first kappa shape index (κ1) is 16.9. The van der Waals surface area contributed by atoms with Gasteiger partial charge in [-0.05, 0) is 36.3 Å². The van der Waals surface area contributed by atoms with Crippen LogP contribution in [-0.2, 0) is 11.3 Å². The van der Waals surface area contributed by atoms with E-state index in [1.807, 2.05) is 18.3 Å². The molecule has 0 radical (unpaired) electrons. The number of carbonyl (C=O) groups excluding carboxylic acids is 1. The summed E-state index contributed by atoms with van der Waals surface area (Å²) in [5, 5.41) is 3.43. The van der Waals surface area contributed by atoms with Crippen molar-refractivity contribution in [3.05, 3.63) is 42.2 Å². The fraction of sp³-hybridized carbons (Fsp3) is 0.579. The Hall–Kier alpha value is -1.48. The van der Waals surface area contributed by atoms with Gasteiger partial charge < -0.3 is 5.32 Å². The van der Waals surface area contributed by atoms with E-state index in [2.05, 4.69) is 50.1 Å². The van der Waals surface area contributed by atoms with Crippen molar-refractivity contribution >= 4 is 5.78 Å². The van der Waals surface area contributed by atoms with Gasteiger partial charge in [0, 0.05) is 37.3 Å². The molecule has 0 saturated carbocycles. The summed E-state index contributed by atoms with van der Waals surface area (Å²) in [6, 6.07) is 4.17. The third kappa shape index (κ3) is 4.26. The van der Waals surface area contributed by atoms with E-state index in [1.54, 1.807) is 6.20 Å². The lowest BCUT2D eigenvalue weighted by atomic mass is 9.65. The summed E-state index contributed by atoms with van der Waals surface area (Å²) >= 11 is 0. The van der Waals surface area contributed by atoms with Crippen molar-refractivity contribution in [1.82, 2.24) is 10.3 Å². The second-order valence-corrected chi connectivity index (χ2v) is 7.27. The predicted octanol–water partition coefficient (Wildman–Crippen LogP) is 3.76. The van der Waals surface area contributed by atoms with E-state index >= 15 is 0 Å². The molecule has 0 amide bonds. The molecule has 0 aromatic carbocycles. The van der Waals surface area contributed by atoms with E-state index in [1.165, 1.54) is 0 Å². The first-order valence-electron chi connectivity index (χ1n) is 8.22. The standard InChI is InChI=1S/C19H28N2O/c1-14-7-5-9-19(3,4)18(14)17(22)11-15(2)21-13-16-8-6-10-20-12-16/h5-8,10,12,14-15,18,21H,9,11,13H2,1-4H3/t14-,15+,18+/m0/s1. The lowest BCUT2D eigenvalue weighted by Crippen LogP contribution is -2.40. The second kappa shape index (κ2) is 7.19. The van der Waals surface area contributed by atoms with Gasteiger partial charge in [-0.3, -0.25) is 9.78 Å². The van der Waals surface area contributed by atoms with E-state index < -0.39 is 0 Å². The molecule has 0 saturated heterocycles. The third-order valence-corrected chi connectivity index (χ3v) is 4.68. The van der Waals surface area contributed by atoms with Gasteiger partial charge in [0.15, 0.2) is 0 Å². The van der Waals surface area contributed by atoms with Crippen LogP contribution in [-0.4, -0.2) is 16.8 Å². The zero-order valence-electron chi connectivity index (χ0n) is 14.2. The summed E-state index contributed by atoms with van der Waals surface area (Å²) in [7, 11) is 0. The SMILES string of the molecule is C[C@H](CC(=O)[C@H]1[C@@H](C)C=CCC1(C)C)NCc1cccnc1. The number of pyridine rings is 1. The van der Waals surface area contributed by atoms with Crippen LogP contribution in [0.15, 0.2) is 36.7 Å². The fourth-order valence-electron chi connectivity index (χ4n) is 3.56. The first-order chi connectivity index (χ1) is 10.4. The monoisotopic (exact) mass is 300 g/mol. The number of nitrogens with one attached hydrogen (secondary N) is 1. The lowest BCUT2D eigenvalue weighted by molar-refractivity contribution is -0.128. The smallest absolute Gasteiger partial charge is 0.138 e. The molecular weight excluding hydrogens is 272 g/mol. The van der Waals surface area contributed by atoms with Gasteiger partial charge in [-0.25, -0.2) is 0 Å². The molecule has 0 spiro atoms. The summed E-state index contributed by atoms with van der Waals surface area (Å²) < 4.78 is 0. The molecule has 120 valence electrons. The highest BCUT2D eigenvalue weighted by Crippen LogP contribution is 2.41. The molecule has 0 bridgehead atoms. The fourth-order valence-corrected chi connectivity index (χ4v) is 3.56. The average Bonchev–Trinajstić information content (AvgIpc) is 2.45. The minimum atomic E-state index is 0.0638. The molecule has 1 aliphatic carbocycles. The van der Waals surface area contributed by atoms with Crippen molar-refractivity contribution in [1.29, 1.82) is 0 Å². The van der Waals surface area contributed by atoms with Gasteiger partial charge in [-0.1, -0.05) is 39.0 Å². The van der Waals surface area contributed by atoms with Gasteiger partial charge in [0.25, 0.3) is 0 Å². The maximum atomic E-state index is 12.8. The molecule has 1 N–H and O–H groups in total. The van der Waals surface area contributed by atoms with Crippen LogP contribution in [0.25, 0.3) is 0 Å². The number of nitrogens with zero attached hydrogens (tertiary/aromatic N) is 1. The van der Waals surface area contributed by atoms with E-state index in [0.717, 1.165) is 18.5 Å². The summed E-state index contributed by atoms with van der Waals surface area (Å²) in [5.74, 6) is 0.843. The maximum absolute atomic E-state index is 12.8. The minimum absolute atomic E-state index is 0.0638. The number of hydrogen-bond donors (Lipinski definition) is 1. The zero-order valence-corrected chi connectivity index (χ0v) is 14.2. The van der Waals surface area contributed by atoms with Crippen LogP contribution in [0.4, 0.5) is 0 Å². The highest BCUT2D eigenvalue weighted by Gasteiger charge is 2.39. The highest BCUT2D eigenvalue weighted by molar-refractivity contribution is 5.83. The van der Waals surface area contributed by atoms with E-state index in [0.29, 0.717) is 18.1 Å². The van der Waals surface area contributed by atoms with E-state index in [9.17, 15) is 4.79 Å². The van der Waals surface area contributed by atoms with E-state index in [-0.39, 0.29) is 17.4 Å². The third-order valence-electron chi connectivity index (χ3n) is 4.68. The molecule has 3 atom stereocenters. The molecule has 3 heteroatoms. The molecular formula is C19H28N2O. The molecule has 3 nitrogen and oxygen atoms in total. The number of hydrogen-bond acceptors (Lipinski definition) is 3. The van der Waals surface area contributed by atoms with Gasteiger partial charge in [0.2, 0.25) is 0 Å². The second-order valence-electron chi connectivity index (χ2n) is 7.27. The van der Waals surface area contributed by atoms with Crippen LogP contribution < -0.4 is 5.32 Å². The molecule has 1 aromatic rings. The normalized spacial score (nSPS) is 24.9. The van der Waals surface area contributed by atoms with Crippen molar-refractivity contribution in [2.24, 2.45) is 17.3 Å². The van der Waals surface area contributed by atoms with Crippen molar-refractivity contribution < 1.29 is 4.79 Å². The predicted molar refractivity (Wildman–Crippen MR) is 90.4 cm³/mol. The molecule has 2 rings (SSSR count). The quantitative estimate of drug-likeness (QED) is 0.813. The number of carbonyl (C=O) groups is 1. The Kier molecular flexibility index (Phi) is 5.52. The summed E-state index contributed by atoms with van der Waals surface area (Å²) in [6.45, 7) is 9.43. The Morgan fingerprint density at radius 2 is 2.27 bits per heavy atom.